The molecule has 1 heteroatoms. The predicted molar refractivity (Wildman–Crippen MR) is 90.8 cm³/mol. The lowest BCUT2D eigenvalue weighted by atomic mass is 10.0. The van der Waals surface area contributed by atoms with Gasteiger partial charge >= 0.3 is 0 Å². The fourth-order valence-electron chi connectivity index (χ4n) is 2.34. The van der Waals surface area contributed by atoms with Crippen molar-refractivity contribution in [2.24, 2.45) is 0 Å². The van der Waals surface area contributed by atoms with Gasteiger partial charge in [-0.15, -0.1) is 0 Å². The quantitative estimate of drug-likeness (QED) is 0.566. The minimum Gasteiger partial charge on any atom is -0.0795 e. The minimum absolute atomic E-state index is 0.955. The van der Waals surface area contributed by atoms with Gasteiger partial charge in [-0.1, -0.05) is 82.7 Å². The number of benzene rings is 3. The summed E-state index contributed by atoms with van der Waals surface area (Å²) in [7, 11) is 0. The molecule has 0 atom stereocenters. The number of hydrogen-bond donors (Lipinski definition) is 0. The van der Waals surface area contributed by atoms with Crippen LogP contribution in [0.3, 0.4) is 0 Å². The van der Waals surface area contributed by atoms with E-state index in [-0.39, 0.29) is 0 Å². The smallest absolute Gasteiger partial charge is 0.0175 e. The Balaban J connectivity index is 1.82. The molecule has 0 N–H and O–H groups in total. The molecule has 0 radical (unpaired) electrons. The van der Waals surface area contributed by atoms with E-state index >= 15 is 0 Å². The van der Waals surface area contributed by atoms with Crippen molar-refractivity contribution in [3.63, 3.8) is 0 Å². The maximum absolute atomic E-state index is 3.46. The van der Waals surface area contributed by atoms with Gasteiger partial charge in [-0.05, 0) is 40.5 Å². The van der Waals surface area contributed by atoms with E-state index in [2.05, 4.69) is 94.8 Å². The Morgan fingerprint density at radius 3 is 2.40 bits per heavy atom. The van der Waals surface area contributed by atoms with Gasteiger partial charge in [0, 0.05) is 4.47 Å². The molecule has 20 heavy (non-hydrogen) atoms. The van der Waals surface area contributed by atoms with E-state index in [1.807, 2.05) is 0 Å². The summed E-state index contributed by atoms with van der Waals surface area (Å²) in [6.07, 6.45) is 5.39. The average molecular weight is 323 g/mol. The van der Waals surface area contributed by atoms with Gasteiger partial charge in [0.1, 0.15) is 0 Å². The molecule has 0 nitrogen and oxygen atoms in total. The Bertz CT molecular complexity index is 734. The van der Waals surface area contributed by atoms with Crippen molar-refractivity contribution in [1.29, 1.82) is 0 Å². The first-order valence-electron chi connectivity index (χ1n) is 6.72. The topological polar surface area (TPSA) is 0 Å². The van der Waals surface area contributed by atoms with Crippen LogP contribution in [0.1, 0.15) is 11.1 Å². The van der Waals surface area contributed by atoms with Crippen LogP contribution in [-0.2, 0) is 6.42 Å². The zero-order chi connectivity index (χ0) is 13.8. The molecule has 0 amide bonds. The van der Waals surface area contributed by atoms with Crippen LogP contribution >= 0.6 is 15.9 Å². The molecule has 0 aliphatic heterocycles. The molecule has 0 aliphatic carbocycles. The first kappa shape index (κ1) is 13.1. The molecule has 0 fully saturated rings. The Hall–Kier alpha value is -1.86. The van der Waals surface area contributed by atoms with E-state index in [9.17, 15) is 0 Å². The standard InChI is InChI=1S/C19H15Br/c20-18-13-11-15(12-14-18)5-3-7-17-9-4-8-16-6-1-2-10-19(16)17/h1-4,6-14H,5H2/b7-3+. The van der Waals surface area contributed by atoms with Crippen LogP contribution in [0.25, 0.3) is 16.8 Å². The van der Waals surface area contributed by atoms with Crippen LogP contribution in [-0.4, -0.2) is 0 Å². The Kier molecular flexibility index (Phi) is 3.98. The van der Waals surface area contributed by atoms with Crippen LogP contribution in [0.5, 0.6) is 0 Å². The van der Waals surface area contributed by atoms with Crippen LogP contribution in [0.15, 0.2) is 77.3 Å². The molecule has 0 heterocycles. The number of rotatable bonds is 3. The molecule has 0 aliphatic rings. The molecular weight excluding hydrogens is 308 g/mol. The van der Waals surface area contributed by atoms with E-state index in [0.29, 0.717) is 0 Å². The second-order valence-electron chi connectivity index (χ2n) is 4.80. The SMILES string of the molecule is Brc1ccc(C/C=C/c2cccc3ccccc23)cc1. The van der Waals surface area contributed by atoms with Gasteiger partial charge in [0.15, 0.2) is 0 Å². The molecule has 3 aromatic rings. The summed E-state index contributed by atoms with van der Waals surface area (Å²) in [6, 6.07) is 23.4. The summed E-state index contributed by atoms with van der Waals surface area (Å²) in [6.45, 7) is 0. The van der Waals surface area contributed by atoms with Crippen molar-refractivity contribution in [1.82, 2.24) is 0 Å². The lowest BCUT2D eigenvalue weighted by Gasteiger charge is -2.02. The summed E-state index contributed by atoms with van der Waals surface area (Å²) < 4.78 is 1.12. The molecule has 98 valence electrons. The maximum atomic E-state index is 3.46. The first-order chi connectivity index (χ1) is 9.83. The maximum Gasteiger partial charge on any atom is 0.0175 e. The van der Waals surface area contributed by atoms with Gasteiger partial charge in [0.2, 0.25) is 0 Å². The molecule has 0 aromatic heterocycles. The second-order valence-corrected chi connectivity index (χ2v) is 5.72. The lowest BCUT2D eigenvalue weighted by Crippen LogP contribution is -1.81. The molecule has 3 rings (SSSR count). The number of fused-ring (bicyclic) bond motifs is 1. The summed E-state index contributed by atoms with van der Waals surface area (Å²) in [4.78, 5) is 0. The van der Waals surface area contributed by atoms with Crippen molar-refractivity contribution in [3.05, 3.63) is 88.4 Å². The Morgan fingerprint density at radius 1 is 0.800 bits per heavy atom. The van der Waals surface area contributed by atoms with Crippen LogP contribution in [0.4, 0.5) is 0 Å². The van der Waals surface area contributed by atoms with E-state index in [0.717, 1.165) is 10.9 Å². The minimum atomic E-state index is 0.955. The van der Waals surface area contributed by atoms with Gasteiger partial charge in [-0.3, -0.25) is 0 Å². The van der Waals surface area contributed by atoms with Crippen molar-refractivity contribution in [2.45, 2.75) is 6.42 Å². The van der Waals surface area contributed by atoms with E-state index < -0.39 is 0 Å². The van der Waals surface area contributed by atoms with Crippen molar-refractivity contribution in [2.75, 3.05) is 0 Å². The van der Waals surface area contributed by atoms with Crippen molar-refractivity contribution >= 4 is 32.8 Å². The average Bonchev–Trinajstić information content (AvgIpc) is 2.49. The lowest BCUT2D eigenvalue weighted by molar-refractivity contribution is 1.28. The molecular formula is C19H15Br. The Morgan fingerprint density at radius 2 is 1.55 bits per heavy atom. The highest BCUT2D eigenvalue weighted by atomic mass is 79.9. The monoisotopic (exact) mass is 322 g/mol. The predicted octanol–water partition coefficient (Wildman–Crippen LogP) is 5.86. The number of halogens is 1. The molecule has 0 saturated heterocycles. The number of allylic oxidation sites excluding steroid dienone is 1. The zero-order valence-corrected chi connectivity index (χ0v) is 12.7. The fraction of sp³-hybridized carbons (Fsp3) is 0.0526. The summed E-state index contributed by atoms with van der Waals surface area (Å²) in [5.41, 5.74) is 2.60. The van der Waals surface area contributed by atoms with Crippen LogP contribution < -0.4 is 0 Å². The molecule has 3 aromatic carbocycles. The zero-order valence-electron chi connectivity index (χ0n) is 11.1. The fourth-order valence-corrected chi connectivity index (χ4v) is 2.60. The van der Waals surface area contributed by atoms with Gasteiger partial charge < -0.3 is 0 Å². The molecule has 0 saturated carbocycles. The summed E-state index contributed by atoms with van der Waals surface area (Å²) in [5, 5.41) is 2.60. The molecule has 0 unspecified atom stereocenters. The summed E-state index contributed by atoms with van der Waals surface area (Å²) in [5.74, 6) is 0. The first-order valence-corrected chi connectivity index (χ1v) is 7.51. The van der Waals surface area contributed by atoms with Gasteiger partial charge in [-0.2, -0.15) is 0 Å². The van der Waals surface area contributed by atoms with Crippen molar-refractivity contribution in [3.8, 4) is 0 Å². The third-order valence-corrected chi connectivity index (χ3v) is 3.92. The normalized spacial score (nSPS) is 11.2. The third-order valence-electron chi connectivity index (χ3n) is 3.39. The van der Waals surface area contributed by atoms with E-state index in [4.69, 9.17) is 0 Å². The number of hydrogen-bond acceptors (Lipinski definition) is 0. The molecule has 0 spiro atoms. The Labute approximate surface area is 127 Å². The van der Waals surface area contributed by atoms with Gasteiger partial charge in [0.05, 0.1) is 0 Å². The van der Waals surface area contributed by atoms with Crippen LogP contribution in [0, 0.1) is 0 Å². The van der Waals surface area contributed by atoms with E-state index in [1.165, 1.54) is 21.9 Å². The van der Waals surface area contributed by atoms with Gasteiger partial charge in [-0.25, -0.2) is 0 Å². The summed E-state index contributed by atoms with van der Waals surface area (Å²) >= 11 is 3.46. The highest BCUT2D eigenvalue weighted by Crippen LogP contribution is 2.20. The molecule has 0 bridgehead atoms. The van der Waals surface area contributed by atoms with Crippen LogP contribution in [0.2, 0.25) is 0 Å². The highest BCUT2D eigenvalue weighted by Gasteiger charge is 1.96. The highest BCUT2D eigenvalue weighted by molar-refractivity contribution is 9.10. The second kappa shape index (κ2) is 6.06. The van der Waals surface area contributed by atoms with Gasteiger partial charge in [0.25, 0.3) is 0 Å². The van der Waals surface area contributed by atoms with E-state index in [1.54, 1.807) is 0 Å². The van der Waals surface area contributed by atoms with Crippen molar-refractivity contribution < 1.29 is 0 Å². The largest absolute Gasteiger partial charge is 0.0795 e. The third kappa shape index (κ3) is 3.00.